The number of carbonyl (C=O) groups excluding carboxylic acids is 1. The molecule has 0 radical (unpaired) electrons. The van der Waals surface area contributed by atoms with Crippen molar-refractivity contribution in [2.45, 2.75) is 31.4 Å². The molecule has 1 saturated carbocycles. The fourth-order valence-corrected chi connectivity index (χ4v) is 2.65. The second-order valence-corrected chi connectivity index (χ2v) is 7.22. The molecule has 0 heterocycles. The van der Waals surface area contributed by atoms with Crippen LogP contribution in [0.1, 0.15) is 26.2 Å². The van der Waals surface area contributed by atoms with E-state index < -0.39 is 32.9 Å². The number of hydrogen-bond donors (Lipinski definition) is 2. The third-order valence-corrected chi connectivity index (χ3v) is 5.02. The molecule has 3 atom stereocenters. The minimum absolute atomic E-state index is 0.0989. The van der Waals surface area contributed by atoms with Gasteiger partial charge in [0.2, 0.25) is 5.91 Å². The molecule has 1 amide bonds. The van der Waals surface area contributed by atoms with Crippen LogP contribution < -0.4 is 5.32 Å². The van der Waals surface area contributed by atoms with E-state index in [1.807, 2.05) is 0 Å². The Kier molecular flexibility index (Phi) is 4.72. The molecule has 1 fully saturated rings. The summed E-state index contributed by atoms with van der Waals surface area (Å²) < 4.78 is 22.4. The Morgan fingerprint density at radius 3 is 2.50 bits per heavy atom. The fourth-order valence-electron chi connectivity index (χ4n) is 2.18. The van der Waals surface area contributed by atoms with Crippen molar-refractivity contribution in [2.75, 3.05) is 12.8 Å². The quantitative estimate of drug-likeness (QED) is 0.738. The van der Waals surface area contributed by atoms with E-state index in [9.17, 15) is 18.0 Å². The fraction of sp³-hybridized carbons (Fsp3) is 0.818. The summed E-state index contributed by atoms with van der Waals surface area (Å²) in [5.74, 6) is -1.94. The molecule has 1 rings (SSSR count). The lowest BCUT2D eigenvalue weighted by molar-refractivity contribution is -0.143. The summed E-state index contributed by atoms with van der Waals surface area (Å²) in [5, 5.41) is 10.4. The van der Waals surface area contributed by atoms with Crippen LogP contribution in [0.3, 0.4) is 0 Å². The van der Waals surface area contributed by atoms with E-state index in [0.29, 0.717) is 6.42 Å². The molecule has 3 unspecified atom stereocenters. The van der Waals surface area contributed by atoms with Gasteiger partial charge in [-0.2, -0.15) is 0 Å². The molecular weight excluding hydrogens is 258 g/mol. The summed E-state index contributed by atoms with van der Waals surface area (Å²) >= 11 is 0. The number of carboxylic acids is 1. The van der Waals surface area contributed by atoms with Crippen LogP contribution in [0.5, 0.6) is 0 Å². The number of sulfone groups is 1. The molecule has 0 bridgehead atoms. The summed E-state index contributed by atoms with van der Waals surface area (Å²) in [4.78, 5) is 22.5. The number of aliphatic carboxylic acids is 1. The SMILES string of the molecule is CC(C(=O)NCC1CCCC1C(=O)O)S(C)(=O)=O. The first-order valence-electron chi connectivity index (χ1n) is 5.93. The topological polar surface area (TPSA) is 101 Å². The van der Waals surface area contributed by atoms with Gasteiger partial charge in [-0.3, -0.25) is 9.59 Å². The highest BCUT2D eigenvalue weighted by Crippen LogP contribution is 2.31. The average molecular weight is 277 g/mol. The van der Waals surface area contributed by atoms with Gasteiger partial charge in [-0.25, -0.2) is 8.42 Å². The molecule has 2 N–H and O–H groups in total. The summed E-state index contributed by atoms with van der Waals surface area (Å²) in [7, 11) is -3.41. The molecule has 0 aromatic heterocycles. The maximum absolute atomic E-state index is 11.6. The van der Waals surface area contributed by atoms with Crippen molar-refractivity contribution >= 4 is 21.7 Å². The minimum atomic E-state index is -3.41. The zero-order chi connectivity index (χ0) is 13.9. The number of amides is 1. The Balaban J connectivity index is 2.51. The van der Waals surface area contributed by atoms with Gasteiger partial charge in [0.1, 0.15) is 5.25 Å². The number of hydrogen-bond acceptors (Lipinski definition) is 4. The summed E-state index contributed by atoms with van der Waals surface area (Å²) in [5.41, 5.74) is 0. The summed E-state index contributed by atoms with van der Waals surface area (Å²) in [6.07, 6.45) is 3.22. The van der Waals surface area contributed by atoms with Gasteiger partial charge in [0, 0.05) is 12.8 Å². The van der Waals surface area contributed by atoms with Crippen LogP contribution in [-0.4, -0.2) is 43.5 Å². The van der Waals surface area contributed by atoms with E-state index in [0.717, 1.165) is 19.1 Å². The first-order chi connectivity index (χ1) is 8.23. The highest BCUT2D eigenvalue weighted by molar-refractivity contribution is 7.92. The molecule has 1 aliphatic rings. The molecule has 6 nitrogen and oxygen atoms in total. The van der Waals surface area contributed by atoms with E-state index in [4.69, 9.17) is 5.11 Å². The third kappa shape index (κ3) is 3.69. The van der Waals surface area contributed by atoms with Crippen LogP contribution >= 0.6 is 0 Å². The second-order valence-electron chi connectivity index (χ2n) is 4.85. The van der Waals surface area contributed by atoms with Crippen molar-refractivity contribution in [1.82, 2.24) is 5.32 Å². The molecule has 0 aromatic rings. The highest BCUT2D eigenvalue weighted by atomic mass is 32.2. The van der Waals surface area contributed by atoms with Crippen molar-refractivity contribution in [3.63, 3.8) is 0 Å². The molecular formula is C11H19NO5S. The number of rotatable bonds is 5. The van der Waals surface area contributed by atoms with Crippen molar-refractivity contribution < 1.29 is 23.1 Å². The largest absolute Gasteiger partial charge is 0.481 e. The smallest absolute Gasteiger partial charge is 0.306 e. The lowest BCUT2D eigenvalue weighted by Gasteiger charge is -2.17. The van der Waals surface area contributed by atoms with E-state index >= 15 is 0 Å². The zero-order valence-corrected chi connectivity index (χ0v) is 11.4. The minimum Gasteiger partial charge on any atom is -0.481 e. The van der Waals surface area contributed by atoms with Gasteiger partial charge >= 0.3 is 5.97 Å². The molecule has 18 heavy (non-hydrogen) atoms. The highest BCUT2D eigenvalue weighted by Gasteiger charge is 2.33. The van der Waals surface area contributed by atoms with Crippen LogP contribution in [-0.2, 0) is 19.4 Å². The predicted molar refractivity (Wildman–Crippen MR) is 65.8 cm³/mol. The lowest BCUT2D eigenvalue weighted by Crippen LogP contribution is -2.40. The zero-order valence-electron chi connectivity index (χ0n) is 10.5. The van der Waals surface area contributed by atoms with Gasteiger partial charge in [0.05, 0.1) is 5.92 Å². The molecule has 0 aromatic carbocycles. The van der Waals surface area contributed by atoms with Crippen LogP contribution in [0, 0.1) is 11.8 Å². The monoisotopic (exact) mass is 277 g/mol. The van der Waals surface area contributed by atoms with Crippen molar-refractivity contribution in [3.8, 4) is 0 Å². The van der Waals surface area contributed by atoms with Gasteiger partial charge in [0.15, 0.2) is 9.84 Å². The van der Waals surface area contributed by atoms with Crippen LogP contribution in [0.25, 0.3) is 0 Å². The summed E-state index contributed by atoms with van der Waals surface area (Å²) in [6, 6.07) is 0. The van der Waals surface area contributed by atoms with Gasteiger partial charge in [0.25, 0.3) is 0 Å². The molecule has 0 spiro atoms. The van der Waals surface area contributed by atoms with Gasteiger partial charge in [-0.05, 0) is 25.7 Å². The standard InChI is InChI=1S/C11H19NO5S/c1-7(18(2,16)17)10(13)12-6-8-4-3-5-9(8)11(14)15/h7-9H,3-6H2,1-2H3,(H,12,13)(H,14,15). The average Bonchev–Trinajstić information content (AvgIpc) is 2.71. The molecule has 7 heteroatoms. The van der Waals surface area contributed by atoms with E-state index in [1.165, 1.54) is 6.92 Å². The Hall–Kier alpha value is -1.11. The van der Waals surface area contributed by atoms with Crippen molar-refractivity contribution in [3.05, 3.63) is 0 Å². The predicted octanol–water partition coefficient (Wildman–Crippen LogP) is 0.0366. The number of nitrogens with one attached hydrogen (secondary N) is 1. The molecule has 0 aliphatic heterocycles. The van der Waals surface area contributed by atoms with Gasteiger partial charge < -0.3 is 10.4 Å². The second kappa shape index (κ2) is 5.69. The normalized spacial score (nSPS) is 25.7. The van der Waals surface area contributed by atoms with Crippen molar-refractivity contribution in [2.24, 2.45) is 11.8 Å². The molecule has 0 saturated heterocycles. The van der Waals surface area contributed by atoms with Gasteiger partial charge in [-0.15, -0.1) is 0 Å². The Morgan fingerprint density at radius 2 is 2.00 bits per heavy atom. The summed E-state index contributed by atoms with van der Waals surface area (Å²) in [6.45, 7) is 1.56. The van der Waals surface area contributed by atoms with E-state index in [1.54, 1.807) is 0 Å². The van der Waals surface area contributed by atoms with E-state index in [2.05, 4.69) is 5.32 Å². The Bertz CT molecular complexity index is 431. The van der Waals surface area contributed by atoms with Crippen molar-refractivity contribution in [1.29, 1.82) is 0 Å². The first kappa shape index (κ1) is 14.9. The van der Waals surface area contributed by atoms with Crippen LogP contribution in [0.4, 0.5) is 0 Å². The maximum Gasteiger partial charge on any atom is 0.306 e. The van der Waals surface area contributed by atoms with E-state index in [-0.39, 0.29) is 12.5 Å². The van der Waals surface area contributed by atoms with Gasteiger partial charge in [-0.1, -0.05) is 6.42 Å². The number of carboxylic acid groups (broad SMARTS) is 1. The molecule has 104 valence electrons. The van der Waals surface area contributed by atoms with Crippen LogP contribution in [0.15, 0.2) is 0 Å². The number of carbonyl (C=O) groups is 2. The molecule has 1 aliphatic carbocycles. The van der Waals surface area contributed by atoms with Crippen LogP contribution in [0.2, 0.25) is 0 Å². The Labute approximate surface area is 107 Å². The Morgan fingerprint density at radius 1 is 1.39 bits per heavy atom. The first-order valence-corrected chi connectivity index (χ1v) is 7.88. The lowest BCUT2D eigenvalue weighted by atomic mass is 9.96. The maximum atomic E-state index is 11.6. The third-order valence-electron chi connectivity index (χ3n) is 3.53.